The van der Waals surface area contributed by atoms with Crippen LogP contribution in [0.5, 0.6) is 0 Å². The third kappa shape index (κ3) is 2.21. The maximum absolute atomic E-state index is 11.9. The van der Waals surface area contributed by atoms with Crippen molar-refractivity contribution in [3.8, 4) is 0 Å². The molecule has 1 aromatic carbocycles. The van der Waals surface area contributed by atoms with E-state index < -0.39 is 0 Å². The largest absolute Gasteiger partial charge is 0.447 e. The molecule has 3 aromatic rings. The Morgan fingerprint density at radius 1 is 1.20 bits per heavy atom. The van der Waals surface area contributed by atoms with Gasteiger partial charge in [0.25, 0.3) is 0 Å². The highest BCUT2D eigenvalue weighted by atomic mass is 16.6. The lowest BCUT2D eigenvalue weighted by Gasteiger charge is -2.32. The van der Waals surface area contributed by atoms with Crippen molar-refractivity contribution in [1.29, 1.82) is 0 Å². The number of hydrogen-bond donors (Lipinski definition) is 1. The van der Waals surface area contributed by atoms with Gasteiger partial charge in [0, 0.05) is 13.1 Å². The predicted molar refractivity (Wildman–Crippen MR) is 91.6 cm³/mol. The minimum Gasteiger partial charge on any atom is -0.447 e. The molecule has 1 fully saturated rings. The number of nitrogens with zero attached hydrogens (tertiary/aromatic N) is 5. The van der Waals surface area contributed by atoms with Crippen molar-refractivity contribution in [2.45, 2.75) is 13.0 Å². The number of aromatic amines is 1. The van der Waals surface area contributed by atoms with Crippen LogP contribution in [0, 0.1) is 0 Å². The fourth-order valence-electron chi connectivity index (χ4n) is 3.64. The second kappa shape index (κ2) is 5.44. The van der Waals surface area contributed by atoms with E-state index in [-0.39, 0.29) is 6.09 Å². The fraction of sp³-hybridized carbons (Fsp3) is 0.294. The molecule has 25 heavy (non-hydrogen) atoms. The zero-order chi connectivity index (χ0) is 16.8. The molecule has 1 amide bonds. The number of H-pyrrole nitrogens is 1. The minimum absolute atomic E-state index is 0.258. The number of cyclic esters (lactones) is 1. The number of anilines is 2. The molecule has 0 unspecified atom stereocenters. The van der Waals surface area contributed by atoms with E-state index in [2.05, 4.69) is 31.1 Å². The molecule has 8 nitrogen and oxygen atoms in total. The van der Waals surface area contributed by atoms with Gasteiger partial charge in [0.05, 0.1) is 23.8 Å². The molecule has 126 valence electrons. The number of rotatable bonds is 2. The molecule has 0 atom stereocenters. The lowest BCUT2D eigenvalue weighted by molar-refractivity contribution is 0.181. The standard InChI is InChI=1S/C17H16N6O2/c24-17-23(6-7-25-17)14-3-1-2-11-9-22(5-4-12(11)14)16-13-8-20-21-15(13)18-10-19-16/h1-3,8,10H,4-7,9H2,(H,18,19,20,21). The summed E-state index contributed by atoms with van der Waals surface area (Å²) < 4.78 is 5.09. The van der Waals surface area contributed by atoms with Crippen LogP contribution in [0.25, 0.3) is 11.0 Å². The summed E-state index contributed by atoms with van der Waals surface area (Å²) in [6, 6.07) is 6.11. The summed E-state index contributed by atoms with van der Waals surface area (Å²) in [4.78, 5) is 24.5. The number of fused-ring (bicyclic) bond motifs is 2. The average Bonchev–Trinajstić information content (AvgIpc) is 3.29. The summed E-state index contributed by atoms with van der Waals surface area (Å²) in [6.45, 7) is 2.63. The van der Waals surface area contributed by atoms with E-state index in [1.54, 1.807) is 17.4 Å². The Bertz CT molecular complexity index is 969. The van der Waals surface area contributed by atoms with Crippen LogP contribution in [0.15, 0.2) is 30.7 Å². The molecule has 2 aliphatic heterocycles. The third-order valence-corrected chi connectivity index (χ3v) is 4.82. The molecule has 5 rings (SSSR count). The van der Waals surface area contributed by atoms with Crippen molar-refractivity contribution < 1.29 is 9.53 Å². The molecule has 2 aliphatic rings. The Hall–Kier alpha value is -3.16. The number of carbonyl (C=O) groups is 1. The molecule has 1 saturated heterocycles. The van der Waals surface area contributed by atoms with E-state index in [0.717, 1.165) is 42.0 Å². The van der Waals surface area contributed by atoms with Crippen molar-refractivity contribution in [2.24, 2.45) is 0 Å². The number of benzene rings is 1. The normalized spacial score (nSPS) is 17.0. The minimum atomic E-state index is -0.258. The van der Waals surface area contributed by atoms with Gasteiger partial charge in [-0.2, -0.15) is 5.10 Å². The highest BCUT2D eigenvalue weighted by Crippen LogP contribution is 2.33. The van der Waals surface area contributed by atoms with Gasteiger partial charge in [0.1, 0.15) is 18.8 Å². The summed E-state index contributed by atoms with van der Waals surface area (Å²) in [5.41, 5.74) is 4.13. The molecular formula is C17H16N6O2. The van der Waals surface area contributed by atoms with E-state index in [1.807, 2.05) is 12.1 Å². The molecular weight excluding hydrogens is 320 g/mol. The summed E-state index contributed by atoms with van der Waals surface area (Å²) in [6.07, 6.45) is 3.91. The number of carbonyl (C=O) groups excluding carboxylic acids is 1. The molecule has 0 aliphatic carbocycles. The van der Waals surface area contributed by atoms with Gasteiger partial charge < -0.3 is 9.64 Å². The van der Waals surface area contributed by atoms with E-state index in [1.165, 1.54) is 11.1 Å². The van der Waals surface area contributed by atoms with Gasteiger partial charge in [0.15, 0.2) is 5.65 Å². The van der Waals surface area contributed by atoms with E-state index in [4.69, 9.17) is 4.74 Å². The Labute approximate surface area is 143 Å². The molecule has 0 saturated carbocycles. The Morgan fingerprint density at radius 2 is 2.16 bits per heavy atom. The highest BCUT2D eigenvalue weighted by Gasteiger charge is 2.29. The van der Waals surface area contributed by atoms with Crippen LogP contribution in [-0.4, -0.2) is 46.0 Å². The number of amides is 1. The van der Waals surface area contributed by atoms with E-state index in [9.17, 15) is 4.79 Å². The summed E-state index contributed by atoms with van der Waals surface area (Å²) in [5, 5.41) is 7.87. The number of nitrogens with one attached hydrogen (secondary N) is 1. The van der Waals surface area contributed by atoms with Crippen LogP contribution < -0.4 is 9.80 Å². The lowest BCUT2D eigenvalue weighted by atomic mass is 9.97. The Balaban J connectivity index is 1.51. The second-order valence-electron chi connectivity index (χ2n) is 6.18. The number of ether oxygens (including phenoxy) is 1. The lowest BCUT2D eigenvalue weighted by Crippen LogP contribution is -2.33. The van der Waals surface area contributed by atoms with Gasteiger partial charge >= 0.3 is 6.09 Å². The first-order valence-electron chi connectivity index (χ1n) is 8.25. The summed E-state index contributed by atoms with van der Waals surface area (Å²) >= 11 is 0. The molecule has 0 spiro atoms. The maximum atomic E-state index is 11.9. The zero-order valence-corrected chi connectivity index (χ0v) is 13.5. The van der Waals surface area contributed by atoms with Gasteiger partial charge in [-0.05, 0) is 23.6 Å². The molecule has 4 heterocycles. The highest BCUT2D eigenvalue weighted by molar-refractivity contribution is 5.91. The van der Waals surface area contributed by atoms with Crippen LogP contribution in [0.4, 0.5) is 16.3 Å². The van der Waals surface area contributed by atoms with E-state index >= 15 is 0 Å². The van der Waals surface area contributed by atoms with Crippen molar-refractivity contribution >= 4 is 28.6 Å². The molecule has 1 N–H and O–H groups in total. The van der Waals surface area contributed by atoms with Crippen molar-refractivity contribution in [1.82, 2.24) is 20.2 Å². The maximum Gasteiger partial charge on any atom is 0.414 e. The smallest absolute Gasteiger partial charge is 0.414 e. The molecule has 8 heteroatoms. The average molecular weight is 336 g/mol. The Kier molecular flexibility index (Phi) is 3.09. The van der Waals surface area contributed by atoms with Crippen LogP contribution in [0.2, 0.25) is 0 Å². The molecule has 2 aromatic heterocycles. The number of aromatic nitrogens is 4. The summed E-state index contributed by atoms with van der Waals surface area (Å²) in [7, 11) is 0. The first-order valence-corrected chi connectivity index (χ1v) is 8.25. The van der Waals surface area contributed by atoms with Crippen molar-refractivity contribution in [3.05, 3.63) is 41.9 Å². The van der Waals surface area contributed by atoms with Crippen LogP contribution in [-0.2, 0) is 17.7 Å². The SMILES string of the molecule is O=C1OCCN1c1cccc2c1CCN(c1ncnc3[nH]ncc13)C2. The monoisotopic (exact) mass is 336 g/mol. The van der Waals surface area contributed by atoms with Gasteiger partial charge in [-0.25, -0.2) is 14.8 Å². The topological polar surface area (TPSA) is 87.2 Å². The van der Waals surface area contributed by atoms with Gasteiger partial charge in [-0.15, -0.1) is 0 Å². The zero-order valence-electron chi connectivity index (χ0n) is 13.5. The van der Waals surface area contributed by atoms with Gasteiger partial charge in [0.2, 0.25) is 0 Å². The van der Waals surface area contributed by atoms with E-state index in [0.29, 0.717) is 13.2 Å². The molecule has 0 bridgehead atoms. The summed E-state index contributed by atoms with van der Waals surface area (Å²) in [5.74, 6) is 0.885. The van der Waals surface area contributed by atoms with Crippen LogP contribution >= 0.6 is 0 Å². The Morgan fingerprint density at radius 3 is 3.04 bits per heavy atom. The second-order valence-corrected chi connectivity index (χ2v) is 6.18. The number of hydrogen-bond acceptors (Lipinski definition) is 6. The third-order valence-electron chi connectivity index (χ3n) is 4.82. The van der Waals surface area contributed by atoms with Crippen LogP contribution in [0.3, 0.4) is 0 Å². The van der Waals surface area contributed by atoms with Crippen molar-refractivity contribution in [2.75, 3.05) is 29.5 Å². The quantitative estimate of drug-likeness (QED) is 0.769. The van der Waals surface area contributed by atoms with Crippen molar-refractivity contribution in [3.63, 3.8) is 0 Å². The van der Waals surface area contributed by atoms with Gasteiger partial charge in [-0.1, -0.05) is 12.1 Å². The molecule has 0 radical (unpaired) electrons. The first-order chi connectivity index (χ1) is 12.3. The first kappa shape index (κ1) is 14.2. The van der Waals surface area contributed by atoms with Gasteiger partial charge in [-0.3, -0.25) is 10.00 Å². The fourth-order valence-corrected chi connectivity index (χ4v) is 3.64. The predicted octanol–water partition coefficient (Wildman–Crippen LogP) is 1.87. The van der Waals surface area contributed by atoms with Crippen LogP contribution in [0.1, 0.15) is 11.1 Å².